The quantitative estimate of drug-likeness (QED) is 0.899. The normalized spacial score (nSPS) is 11.9. The van der Waals surface area contributed by atoms with Crippen LogP contribution in [-0.2, 0) is 11.2 Å². The molecule has 2 aromatic rings. The first kappa shape index (κ1) is 14.2. The van der Waals surface area contributed by atoms with Crippen molar-refractivity contribution in [1.82, 2.24) is 0 Å². The molecule has 0 aliphatic rings. The van der Waals surface area contributed by atoms with Crippen molar-refractivity contribution < 1.29 is 9.18 Å². The maximum absolute atomic E-state index is 13.6. The third kappa shape index (κ3) is 3.65. The van der Waals surface area contributed by atoms with Crippen molar-refractivity contribution in [3.05, 3.63) is 65.5 Å². The molecule has 0 bridgehead atoms. The Morgan fingerprint density at radius 2 is 1.95 bits per heavy atom. The van der Waals surface area contributed by atoms with Crippen molar-refractivity contribution in [1.29, 1.82) is 0 Å². The predicted molar refractivity (Wildman–Crippen MR) is 77.9 cm³/mol. The number of benzene rings is 2. The molecule has 0 aromatic heterocycles. The lowest BCUT2D eigenvalue weighted by atomic mass is 10.1. The summed E-state index contributed by atoms with van der Waals surface area (Å²) in [4.78, 5) is 12.0. The molecule has 0 fully saturated rings. The molecule has 0 aliphatic carbocycles. The van der Waals surface area contributed by atoms with Crippen LogP contribution < -0.4 is 11.1 Å². The Hall–Kier alpha value is -2.20. The van der Waals surface area contributed by atoms with Crippen LogP contribution in [-0.4, -0.2) is 11.9 Å². The zero-order valence-electron chi connectivity index (χ0n) is 11.3. The average molecular weight is 272 g/mol. The summed E-state index contributed by atoms with van der Waals surface area (Å²) in [5.74, 6) is -0.845. The van der Waals surface area contributed by atoms with Crippen molar-refractivity contribution in [3.63, 3.8) is 0 Å². The minimum atomic E-state index is -0.710. The number of nitrogens with two attached hydrogens (primary N) is 1. The molecule has 0 heterocycles. The summed E-state index contributed by atoms with van der Waals surface area (Å²) in [5.41, 5.74) is 7.77. The summed E-state index contributed by atoms with van der Waals surface area (Å²) in [6.07, 6.45) is 0.417. The van der Waals surface area contributed by atoms with Crippen LogP contribution in [0.4, 0.5) is 10.1 Å². The van der Waals surface area contributed by atoms with Gasteiger partial charge < -0.3 is 11.1 Å². The van der Waals surface area contributed by atoms with E-state index in [1.165, 1.54) is 12.1 Å². The number of halogens is 1. The van der Waals surface area contributed by atoms with Gasteiger partial charge in [-0.25, -0.2) is 4.39 Å². The lowest BCUT2D eigenvalue weighted by Gasteiger charge is -2.13. The van der Waals surface area contributed by atoms with E-state index in [9.17, 15) is 9.18 Å². The summed E-state index contributed by atoms with van der Waals surface area (Å²) in [5, 5.41) is 2.52. The molecule has 4 heteroatoms. The van der Waals surface area contributed by atoms with Gasteiger partial charge in [-0.3, -0.25) is 4.79 Å². The van der Waals surface area contributed by atoms with Crippen LogP contribution in [0.25, 0.3) is 0 Å². The van der Waals surface area contributed by atoms with Gasteiger partial charge >= 0.3 is 0 Å². The van der Waals surface area contributed by atoms with Gasteiger partial charge in [-0.1, -0.05) is 36.4 Å². The standard InChI is InChI=1S/C16H17FN2O/c1-11-7-8-15(13(17)9-11)19-16(20)14(18)10-12-5-3-2-4-6-12/h2-9,14H,10,18H2,1H3,(H,19,20)/t14-/m0/s1. The Kier molecular flexibility index (Phi) is 4.48. The Morgan fingerprint density at radius 3 is 2.60 bits per heavy atom. The van der Waals surface area contributed by atoms with Crippen LogP contribution in [0.5, 0.6) is 0 Å². The molecule has 0 unspecified atom stereocenters. The fourth-order valence-electron chi connectivity index (χ4n) is 1.91. The molecule has 0 radical (unpaired) electrons. The van der Waals surface area contributed by atoms with Gasteiger partial charge in [0, 0.05) is 0 Å². The van der Waals surface area contributed by atoms with Gasteiger partial charge in [-0.15, -0.1) is 0 Å². The Morgan fingerprint density at radius 1 is 1.25 bits per heavy atom. The van der Waals surface area contributed by atoms with E-state index < -0.39 is 17.8 Å². The number of hydrogen-bond acceptors (Lipinski definition) is 2. The zero-order chi connectivity index (χ0) is 14.5. The second-order valence-electron chi connectivity index (χ2n) is 4.77. The number of hydrogen-bond donors (Lipinski definition) is 2. The molecule has 1 atom stereocenters. The van der Waals surface area contributed by atoms with Gasteiger partial charge in [0.15, 0.2) is 0 Å². The number of anilines is 1. The van der Waals surface area contributed by atoms with Crippen molar-refractivity contribution in [2.24, 2.45) is 5.73 Å². The van der Waals surface area contributed by atoms with E-state index in [0.29, 0.717) is 6.42 Å². The number of carbonyl (C=O) groups is 1. The van der Waals surface area contributed by atoms with Gasteiger partial charge in [0.2, 0.25) is 5.91 Å². The number of rotatable bonds is 4. The van der Waals surface area contributed by atoms with E-state index >= 15 is 0 Å². The smallest absolute Gasteiger partial charge is 0.241 e. The average Bonchev–Trinajstić information content (AvgIpc) is 2.43. The third-order valence-electron chi connectivity index (χ3n) is 3.02. The fourth-order valence-corrected chi connectivity index (χ4v) is 1.91. The minimum absolute atomic E-state index is 0.157. The number of aryl methyl sites for hydroxylation is 1. The van der Waals surface area contributed by atoms with E-state index in [2.05, 4.69) is 5.32 Å². The number of nitrogens with one attached hydrogen (secondary N) is 1. The summed E-state index contributed by atoms with van der Waals surface area (Å²) in [6.45, 7) is 1.79. The zero-order valence-corrected chi connectivity index (χ0v) is 11.3. The third-order valence-corrected chi connectivity index (χ3v) is 3.02. The van der Waals surface area contributed by atoms with Gasteiger partial charge in [-0.05, 0) is 36.6 Å². The molecule has 20 heavy (non-hydrogen) atoms. The highest BCUT2D eigenvalue weighted by molar-refractivity contribution is 5.95. The number of carbonyl (C=O) groups excluding carboxylic acids is 1. The summed E-state index contributed by atoms with van der Waals surface area (Å²) < 4.78 is 13.6. The summed E-state index contributed by atoms with van der Waals surface area (Å²) in [7, 11) is 0. The first-order valence-electron chi connectivity index (χ1n) is 6.43. The first-order chi connectivity index (χ1) is 9.56. The molecule has 0 saturated heterocycles. The second kappa shape index (κ2) is 6.30. The van der Waals surface area contributed by atoms with E-state index in [1.54, 1.807) is 13.0 Å². The highest BCUT2D eigenvalue weighted by Gasteiger charge is 2.15. The molecule has 1 amide bonds. The van der Waals surface area contributed by atoms with E-state index in [1.807, 2.05) is 30.3 Å². The largest absolute Gasteiger partial charge is 0.322 e. The second-order valence-corrected chi connectivity index (χ2v) is 4.77. The predicted octanol–water partition coefficient (Wildman–Crippen LogP) is 2.64. The molecule has 0 aliphatic heterocycles. The highest BCUT2D eigenvalue weighted by Crippen LogP contribution is 2.15. The van der Waals surface area contributed by atoms with Crippen LogP contribution in [0.3, 0.4) is 0 Å². The topological polar surface area (TPSA) is 55.1 Å². The van der Waals surface area contributed by atoms with Crippen molar-refractivity contribution >= 4 is 11.6 Å². The highest BCUT2D eigenvalue weighted by atomic mass is 19.1. The maximum Gasteiger partial charge on any atom is 0.241 e. The molecule has 2 aromatic carbocycles. The van der Waals surface area contributed by atoms with E-state index in [-0.39, 0.29) is 5.69 Å². The SMILES string of the molecule is Cc1ccc(NC(=O)[C@@H](N)Cc2ccccc2)c(F)c1. The molecule has 104 valence electrons. The lowest BCUT2D eigenvalue weighted by Crippen LogP contribution is -2.37. The maximum atomic E-state index is 13.6. The summed E-state index contributed by atoms with van der Waals surface area (Å²) >= 11 is 0. The Bertz CT molecular complexity index is 599. The van der Waals surface area contributed by atoms with Crippen LogP contribution >= 0.6 is 0 Å². The van der Waals surface area contributed by atoms with Crippen LogP contribution in [0.2, 0.25) is 0 Å². The minimum Gasteiger partial charge on any atom is -0.322 e. The van der Waals surface area contributed by atoms with Gasteiger partial charge in [0.1, 0.15) is 5.82 Å². The van der Waals surface area contributed by atoms with E-state index in [4.69, 9.17) is 5.73 Å². The van der Waals surface area contributed by atoms with Crippen molar-refractivity contribution in [3.8, 4) is 0 Å². The molecular formula is C16H17FN2O. The van der Waals surface area contributed by atoms with Crippen LogP contribution in [0.15, 0.2) is 48.5 Å². The number of amides is 1. The Labute approximate surface area is 117 Å². The van der Waals surface area contributed by atoms with Gasteiger partial charge in [0.05, 0.1) is 11.7 Å². The fraction of sp³-hybridized carbons (Fsp3) is 0.188. The lowest BCUT2D eigenvalue weighted by molar-refractivity contribution is -0.117. The molecular weight excluding hydrogens is 255 g/mol. The van der Waals surface area contributed by atoms with E-state index in [0.717, 1.165) is 11.1 Å². The first-order valence-corrected chi connectivity index (χ1v) is 6.43. The molecule has 3 nitrogen and oxygen atoms in total. The summed E-state index contributed by atoms with van der Waals surface area (Å²) in [6, 6.07) is 13.4. The molecule has 0 saturated carbocycles. The van der Waals surface area contributed by atoms with Crippen molar-refractivity contribution in [2.75, 3.05) is 5.32 Å². The Balaban J connectivity index is 2.01. The molecule has 2 rings (SSSR count). The molecule has 0 spiro atoms. The van der Waals surface area contributed by atoms with Crippen LogP contribution in [0.1, 0.15) is 11.1 Å². The van der Waals surface area contributed by atoms with Crippen molar-refractivity contribution in [2.45, 2.75) is 19.4 Å². The van der Waals surface area contributed by atoms with Gasteiger partial charge in [-0.2, -0.15) is 0 Å². The molecule has 3 N–H and O–H groups in total. The van der Waals surface area contributed by atoms with Crippen LogP contribution in [0, 0.1) is 12.7 Å². The van der Waals surface area contributed by atoms with Gasteiger partial charge in [0.25, 0.3) is 0 Å². The monoisotopic (exact) mass is 272 g/mol.